The van der Waals surface area contributed by atoms with Crippen LogP contribution in [0.5, 0.6) is 0 Å². The number of aromatic nitrogens is 2. The van der Waals surface area contributed by atoms with Crippen LogP contribution in [0.3, 0.4) is 0 Å². The van der Waals surface area contributed by atoms with Crippen molar-refractivity contribution in [2.75, 3.05) is 36.5 Å². The molecule has 0 amide bonds. The number of rotatable bonds is 6. The highest BCUT2D eigenvalue weighted by atomic mass is 16.7. The molecule has 1 aliphatic heterocycles. The third kappa shape index (κ3) is 4.71. The van der Waals surface area contributed by atoms with E-state index in [0.717, 1.165) is 5.69 Å². The van der Waals surface area contributed by atoms with Crippen LogP contribution in [0.15, 0.2) is 36.7 Å². The van der Waals surface area contributed by atoms with Gasteiger partial charge in [0, 0.05) is 38.7 Å². The molecule has 0 atom stereocenters. The van der Waals surface area contributed by atoms with Gasteiger partial charge >= 0.3 is 11.8 Å². The molecule has 3 rings (SSSR count). The van der Waals surface area contributed by atoms with Crippen molar-refractivity contribution in [3.05, 3.63) is 46.8 Å². The SMILES string of the molecule is CCOC(=O)OC1CCN(c2ncnc(N(C)c3ccccc3)c2[N+](=O)[O-])CC1. The number of carbonyl (C=O) groups excluding carboxylic acids is 1. The van der Waals surface area contributed by atoms with Gasteiger partial charge in [0.05, 0.1) is 11.5 Å². The number of anilines is 3. The van der Waals surface area contributed by atoms with Gasteiger partial charge in [0.1, 0.15) is 12.4 Å². The summed E-state index contributed by atoms with van der Waals surface area (Å²) in [5, 5.41) is 11.9. The molecule has 10 heteroatoms. The smallest absolute Gasteiger partial charge is 0.435 e. The predicted octanol–water partition coefficient (Wildman–Crippen LogP) is 3.29. The summed E-state index contributed by atoms with van der Waals surface area (Å²) in [6.07, 6.45) is 1.43. The van der Waals surface area contributed by atoms with E-state index in [-0.39, 0.29) is 30.0 Å². The van der Waals surface area contributed by atoms with Crippen LogP contribution in [0, 0.1) is 10.1 Å². The number of nitro groups is 1. The van der Waals surface area contributed by atoms with Crippen LogP contribution >= 0.6 is 0 Å². The third-order valence-corrected chi connectivity index (χ3v) is 4.69. The molecule has 0 radical (unpaired) electrons. The van der Waals surface area contributed by atoms with Crippen LogP contribution in [-0.4, -0.2) is 53.9 Å². The van der Waals surface area contributed by atoms with Gasteiger partial charge in [-0.05, 0) is 19.1 Å². The number of nitrogens with zero attached hydrogens (tertiary/aromatic N) is 5. The summed E-state index contributed by atoms with van der Waals surface area (Å²) in [7, 11) is 1.73. The first kappa shape index (κ1) is 20.3. The van der Waals surface area contributed by atoms with Crippen molar-refractivity contribution in [3.63, 3.8) is 0 Å². The molecule has 2 aromatic rings. The fourth-order valence-electron chi connectivity index (χ4n) is 3.25. The molecular weight excluding hydrogens is 378 g/mol. The summed E-state index contributed by atoms with van der Waals surface area (Å²) < 4.78 is 10.1. The molecule has 0 spiro atoms. The molecule has 1 aromatic carbocycles. The number of piperidine rings is 1. The molecule has 1 fully saturated rings. The monoisotopic (exact) mass is 401 g/mol. The second-order valence-electron chi connectivity index (χ2n) is 6.51. The molecular formula is C19H23N5O5. The first-order chi connectivity index (χ1) is 14.0. The maximum absolute atomic E-state index is 11.9. The molecule has 0 unspecified atom stereocenters. The molecule has 1 aromatic heterocycles. The van der Waals surface area contributed by atoms with E-state index < -0.39 is 11.1 Å². The number of hydrogen-bond donors (Lipinski definition) is 0. The first-order valence-electron chi connectivity index (χ1n) is 9.37. The quantitative estimate of drug-likeness (QED) is 0.409. The van der Waals surface area contributed by atoms with Crippen LogP contribution in [-0.2, 0) is 9.47 Å². The summed E-state index contributed by atoms with van der Waals surface area (Å²) in [6.45, 7) is 2.90. The highest BCUT2D eigenvalue weighted by molar-refractivity contribution is 5.75. The molecule has 1 aliphatic rings. The topological polar surface area (TPSA) is 111 Å². The minimum absolute atomic E-state index is 0.149. The zero-order valence-electron chi connectivity index (χ0n) is 16.4. The van der Waals surface area contributed by atoms with Crippen molar-refractivity contribution < 1.29 is 19.2 Å². The van der Waals surface area contributed by atoms with Gasteiger partial charge < -0.3 is 19.3 Å². The van der Waals surface area contributed by atoms with Crippen molar-refractivity contribution in [3.8, 4) is 0 Å². The second kappa shape index (κ2) is 9.18. The first-order valence-corrected chi connectivity index (χ1v) is 9.37. The lowest BCUT2D eigenvalue weighted by Crippen LogP contribution is -2.39. The van der Waals surface area contributed by atoms with Crippen LogP contribution in [0.25, 0.3) is 0 Å². The van der Waals surface area contributed by atoms with E-state index in [1.165, 1.54) is 6.33 Å². The second-order valence-corrected chi connectivity index (χ2v) is 6.51. The van der Waals surface area contributed by atoms with Crippen LogP contribution in [0.1, 0.15) is 19.8 Å². The van der Waals surface area contributed by atoms with Crippen molar-refractivity contribution >= 4 is 29.2 Å². The fraction of sp³-hybridized carbons (Fsp3) is 0.421. The van der Waals surface area contributed by atoms with Crippen molar-refractivity contribution in [1.82, 2.24) is 9.97 Å². The zero-order chi connectivity index (χ0) is 20.8. The number of ether oxygens (including phenoxy) is 2. The minimum Gasteiger partial charge on any atom is -0.435 e. The molecule has 29 heavy (non-hydrogen) atoms. The van der Waals surface area contributed by atoms with Crippen molar-refractivity contribution in [1.29, 1.82) is 0 Å². The lowest BCUT2D eigenvalue weighted by molar-refractivity contribution is -0.383. The minimum atomic E-state index is -0.689. The highest BCUT2D eigenvalue weighted by Crippen LogP contribution is 2.37. The van der Waals surface area contributed by atoms with Gasteiger partial charge in [-0.1, -0.05) is 18.2 Å². The molecule has 0 N–H and O–H groups in total. The maximum Gasteiger partial charge on any atom is 0.508 e. The Bertz CT molecular complexity index is 855. The van der Waals surface area contributed by atoms with Gasteiger partial charge in [-0.15, -0.1) is 0 Å². The Morgan fingerprint density at radius 1 is 1.28 bits per heavy atom. The summed E-state index contributed by atoms with van der Waals surface area (Å²) in [5.74, 6) is 0.480. The summed E-state index contributed by atoms with van der Waals surface area (Å²) in [4.78, 5) is 34.8. The molecule has 0 saturated carbocycles. The number of hydrogen-bond acceptors (Lipinski definition) is 9. The summed E-state index contributed by atoms with van der Waals surface area (Å²) in [6, 6.07) is 9.29. The average molecular weight is 401 g/mol. The molecule has 0 bridgehead atoms. The standard InChI is InChI=1S/C19H23N5O5/c1-3-28-19(25)29-15-9-11-23(12-10-15)18-16(24(26)27)17(20-13-21-18)22(2)14-7-5-4-6-8-14/h4-8,13,15H,3,9-12H2,1-2H3. The van der Waals surface area contributed by atoms with E-state index in [9.17, 15) is 14.9 Å². The van der Waals surface area contributed by atoms with E-state index >= 15 is 0 Å². The lowest BCUT2D eigenvalue weighted by atomic mass is 10.1. The van der Waals surface area contributed by atoms with Gasteiger partial charge in [-0.2, -0.15) is 0 Å². The van der Waals surface area contributed by atoms with E-state index in [2.05, 4.69) is 9.97 Å². The summed E-state index contributed by atoms with van der Waals surface area (Å²) >= 11 is 0. The molecule has 2 heterocycles. The van der Waals surface area contributed by atoms with Crippen LogP contribution in [0.4, 0.5) is 27.8 Å². The highest BCUT2D eigenvalue weighted by Gasteiger charge is 2.32. The van der Waals surface area contributed by atoms with E-state index in [4.69, 9.17) is 9.47 Å². The normalized spacial score (nSPS) is 14.3. The van der Waals surface area contributed by atoms with E-state index in [1.54, 1.807) is 18.9 Å². The van der Waals surface area contributed by atoms with E-state index in [1.807, 2.05) is 35.2 Å². The number of carbonyl (C=O) groups is 1. The number of para-hydroxylation sites is 1. The number of benzene rings is 1. The van der Waals surface area contributed by atoms with Gasteiger partial charge in [0.25, 0.3) is 0 Å². The lowest BCUT2D eigenvalue weighted by Gasteiger charge is -2.32. The third-order valence-electron chi connectivity index (χ3n) is 4.69. The van der Waals surface area contributed by atoms with Crippen LogP contribution < -0.4 is 9.80 Å². The summed E-state index contributed by atoms with van der Waals surface area (Å²) in [5.41, 5.74) is 0.630. The van der Waals surface area contributed by atoms with Gasteiger partial charge in [-0.25, -0.2) is 14.8 Å². The Kier molecular flexibility index (Phi) is 6.43. The van der Waals surface area contributed by atoms with Crippen LogP contribution in [0.2, 0.25) is 0 Å². The van der Waals surface area contributed by atoms with Gasteiger partial charge in [0.15, 0.2) is 0 Å². The van der Waals surface area contributed by atoms with Crippen molar-refractivity contribution in [2.24, 2.45) is 0 Å². The predicted molar refractivity (Wildman–Crippen MR) is 107 cm³/mol. The zero-order valence-corrected chi connectivity index (χ0v) is 16.4. The Morgan fingerprint density at radius 2 is 1.97 bits per heavy atom. The molecule has 154 valence electrons. The van der Waals surface area contributed by atoms with Crippen molar-refractivity contribution in [2.45, 2.75) is 25.9 Å². The molecule has 10 nitrogen and oxygen atoms in total. The maximum atomic E-state index is 11.9. The molecule has 0 aliphatic carbocycles. The molecule has 1 saturated heterocycles. The van der Waals surface area contributed by atoms with E-state index in [0.29, 0.717) is 25.9 Å². The largest absolute Gasteiger partial charge is 0.508 e. The Balaban J connectivity index is 1.80. The Morgan fingerprint density at radius 3 is 2.59 bits per heavy atom. The van der Waals surface area contributed by atoms with Gasteiger partial charge in [0.2, 0.25) is 11.6 Å². The average Bonchev–Trinajstić information content (AvgIpc) is 2.74. The Labute approximate surface area is 168 Å². The van der Waals surface area contributed by atoms with Gasteiger partial charge in [-0.3, -0.25) is 10.1 Å². The fourth-order valence-corrected chi connectivity index (χ4v) is 3.25. The Hall–Kier alpha value is -3.43.